The molecule has 2 saturated heterocycles. The molecule has 0 spiro atoms. The van der Waals surface area contributed by atoms with E-state index in [9.17, 15) is 4.79 Å². The van der Waals surface area contributed by atoms with Crippen molar-refractivity contribution in [2.45, 2.75) is 32.2 Å². The highest BCUT2D eigenvalue weighted by molar-refractivity contribution is 5.85. The number of nitrogens with zero attached hydrogens (tertiary/aromatic N) is 1. The van der Waals surface area contributed by atoms with Gasteiger partial charge in [0.1, 0.15) is 6.10 Å². The minimum atomic E-state index is -0.314. The molecular formula is C11H21ClN2O3. The summed E-state index contributed by atoms with van der Waals surface area (Å²) in [5.74, 6) is 0.0919. The Morgan fingerprint density at radius 1 is 1.29 bits per heavy atom. The summed E-state index contributed by atoms with van der Waals surface area (Å²) < 4.78 is 11.1. The molecule has 2 rings (SSSR count). The van der Waals surface area contributed by atoms with Crippen molar-refractivity contribution in [1.29, 1.82) is 0 Å². The van der Waals surface area contributed by atoms with Crippen molar-refractivity contribution in [3.05, 3.63) is 0 Å². The molecule has 0 aromatic rings. The molecule has 0 aromatic carbocycles. The molecule has 0 radical (unpaired) electrons. The molecule has 3 atom stereocenters. The summed E-state index contributed by atoms with van der Waals surface area (Å²) in [6.07, 6.45) is -0.0836. The van der Waals surface area contributed by atoms with E-state index in [1.54, 1.807) is 0 Å². The summed E-state index contributed by atoms with van der Waals surface area (Å²) in [7, 11) is 0. The summed E-state index contributed by atoms with van der Waals surface area (Å²) in [4.78, 5) is 14.0. The van der Waals surface area contributed by atoms with Crippen molar-refractivity contribution in [3.8, 4) is 0 Å². The molecule has 0 aliphatic carbocycles. The summed E-state index contributed by atoms with van der Waals surface area (Å²) >= 11 is 0. The maximum Gasteiger partial charge on any atom is 0.253 e. The van der Waals surface area contributed by atoms with Gasteiger partial charge in [0.15, 0.2) is 0 Å². The largest absolute Gasteiger partial charge is 0.372 e. The van der Waals surface area contributed by atoms with E-state index in [1.165, 1.54) is 0 Å². The number of carbonyl (C=O) groups excluding carboxylic acids is 1. The molecule has 0 bridgehead atoms. The third-order valence-corrected chi connectivity index (χ3v) is 2.93. The van der Waals surface area contributed by atoms with Gasteiger partial charge < -0.3 is 19.7 Å². The zero-order valence-electron chi connectivity index (χ0n) is 10.3. The van der Waals surface area contributed by atoms with E-state index in [1.807, 2.05) is 18.7 Å². The Balaban J connectivity index is 0.00000144. The van der Waals surface area contributed by atoms with Crippen LogP contribution in [0.1, 0.15) is 13.8 Å². The second-order valence-corrected chi connectivity index (χ2v) is 4.56. The highest BCUT2D eigenvalue weighted by atomic mass is 35.5. The van der Waals surface area contributed by atoms with Crippen LogP contribution in [0.4, 0.5) is 0 Å². The van der Waals surface area contributed by atoms with Gasteiger partial charge in [0.2, 0.25) is 0 Å². The van der Waals surface area contributed by atoms with Gasteiger partial charge in [0.25, 0.3) is 5.91 Å². The maximum absolute atomic E-state index is 12.1. The monoisotopic (exact) mass is 264 g/mol. The first-order chi connectivity index (χ1) is 7.66. The molecule has 0 aromatic heterocycles. The van der Waals surface area contributed by atoms with Crippen molar-refractivity contribution in [2.24, 2.45) is 0 Å². The van der Waals surface area contributed by atoms with Gasteiger partial charge in [-0.2, -0.15) is 0 Å². The lowest BCUT2D eigenvalue weighted by Crippen LogP contribution is -2.55. The van der Waals surface area contributed by atoms with Crippen LogP contribution in [0.15, 0.2) is 0 Å². The second kappa shape index (κ2) is 6.54. The smallest absolute Gasteiger partial charge is 0.253 e. The fraction of sp³-hybridized carbons (Fsp3) is 0.909. The minimum Gasteiger partial charge on any atom is -0.372 e. The van der Waals surface area contributed by atoms with Crippen molar-refractivity contribution >= 4 is 18.3 Å². The van der Waals surface area contributed by atoms with Gasteiger partial charge in [-0.15, -0.1) is 12.4 Å². The molecule has 1 unspecified atom stereocenters. The lowest BCUT2D eigenvalue weighted by molar-refractivity contribution is -0.156. The van der Waals surface area contributed by atoms with Gasteiger partial charge in [-0.25, -0.2) is 0 Å². The molecule has 2 fully saturated rings. The van der Waals surface area contributed by atoms with E-state index in [0.717, 1.165) is 6.54 Å². The molecule has 1 N–H and O–H groups in total. The van der Waals surface area contributed by atoms with E-state index in [4.69, 9.17) is 9.47 Å². The molecule has 2 aliphatic heterocycles. The van der Waals surface area contributed by atoms with Crippen LogP contribution in [-0.4, -0.2) is 61.9 Å². The van der Waals surface area contributed by atoms with E-state index in [0.29, 0.717) is 26.2 Å². The Morgan fingerprint density at radius 3 is 2.47 bits per heavy atom. The van der Waals surface area contributed by atoms with Crippen molar-refractivity contribution in [3.63, 3.8) is 0 Å². The number of carbonyl (C=O) groups is 1. The van der Waals surface area contributed by atoms with E-state index < -0.39 is 0 Å². The molecular weight excluding hydrogens is 244 g/mol. The number of amides is 1. The zero-order valence-corrected chi connectivity index (χ0v) is 11.2. The highest BCUT2D eigenvalue weighted by Crippen LogP contribution is 2.13. The number of hydrogen-bond acceptors (Lipinski definition) is 4. The summed E-state index contributed by atoms with van der Waals surface area (Å²) in [6.45, 7) is 7.41. The van der Waals surface area contributed by atoms with Gasteiger partial charge in [0.05, 0.1) is 18.8 Å². The topological polar surface area (TPSA) is 50.8 Å². The zero-order chi connectivity index (χ0) is 11.5. The predicted octanol–water partition coefficient (Wildman–Crippen LogP) is 0.0324. The molecule has 1 amide bonds. The van der Waals surface area contributed by atoms with Crippen LogP contribution in [0.3, 0.4) is 0 Å². The Labute approximate surface area is 108 Å². The van der Waals surface area contributed by atoms with Gasteiger partial charge in [-0.1, -0.05) is 0 Å². The first kappa shape index (κ1) is 14.7. The Hall–Kier alpha value is -0.360. The third-order valence-electron chi connectivity index (χ3n) is 2.93. The average molecular weight is 265 g/mol. The molecule has 2 heterocycles. The number of ether oxygens (including phenoxy) is 2. The molecule has 17 heavy (non-hydrogen) atoms. The van der Waals surface area contributed by atoms with Crippen molar-refractivity contribution in [1.82, 2.24) is 10.2 Å². The molecule has 2 aliphatic rings. The summed E-state index contributed by atoms with van der Waals surface area (Å²) in [5, 5.41) is 3.17. The van der Waals surface area contributed by atoms with Crippen LogP contribution in [-0.2, 0) is 14.3 Å². The van der Waals surface area contributed by atoms with Crippen molar-refractivity contribution < 1.29 is 14.3 Å². The van der Waals surface area contributed by atoms with Gasteiger partial charge in [-0.05, 0) is 13.8 Å². The summed E-state index contributed by atoms with van der Waals surface area (Å²) in [5.41, 5.74) is 0. The lowest BCUT2D eigenvalue weighted by Gasteiger charge is -2.37. The van der Waals surface area contributed by atoms with E-state index in [2.05, 4.69) is 5.32 Å². The first-order valence-electron chi connectivity index (χ1n) is 5.93. The van der Waals surface area contributed by atoms with Crippen LogP contribution in [0, 0.1) is 0 Å². The van der Waals surface area contributed by atoms with E-state index in [-0.39, 0.29) is 36.6 Å². The first-order valence-corrected chi connectivity index (χ1v) is 5.93. The number of nitrogens with one attached hydrogen (secondary N) is 1. The number of hydrogen-bond donors (Lipinski definition) is 1. The molecule has 0 saturated carbocycles. The van der Waals surface area contributed by atoms with Gasteiger partial charge in [-0.3, -0.25) is 4.79 Å². The van der Waals surface area contributed by atoms with Crippen LogP contribution in [0.2, 0.25) is 0 Å². The van der Waals surface area contributed by atoms with E-state index >= 15 is 0 Å². The molecule has 6 heteroatoms. The number of halogens is 1. The normalized spacial score (nSPS) is 34.0. The molecule has 5 nitrogen and oxygen atoms in total. The Kier molecular flexibility index (Phi) is 5.66. The number of rotatable bonds is 1. The SMILES string of the molecule is C[C@@H]1CN(C(=O)C2CNCCO2)C[C@H](C)O1.Cl. The third kappa shape index (κ3) is 3.81. The van der Waals surface area contributed by atoms with Crippen LogP contribution >= 0.6 is 12.4 Å². The predicted molar refractivity (Wildman–Crippen MR) is 66.4 cm³/mol. The van der Waals surface area contributed by atoms with Crippen LogP contribution in [0.25, 0.3) is 0 Å². The Bertz CT molecular complexity index is 249. The average Bonchev–Trinajstić information content (AvgIpc) is 2.28. The maximum atomic E-state index is 12.1. The highest BCUT2D eigenvalue weighted by Gasteiger charge is 2.31. The number of morpholine rings is 2. The quantitative estimate of drug-likeness (QED) is 0.726. The fourth-order valence-electron chi connectivity index (χ4n) is 2.29. The van der Waals surface area contributed by atoms with Gasteiger partial charge >= 0.3 is 0 Å². The minimum absolute atomic E-state index is 0. The fourth-order valence-corrected chi connectivity index (χ4v) is 2.29. The lowest BCUT2D eigenvalue weighted by atomic mass is 10.2. The Morgan fingerprint density at radius 2 is 1.94 bits per heavy atom. The van der Waals surface area contributed by atoms with Crippen LogP contribution < -0.4 is 5.32 Å². The molecule has 100 valence electrons. The van der Waals surface area contributed by atoms with Crippen LogP contribution in [0.5, 0.6) is 0 Å². The second-order valence-electron chi connectivity index (χ2n) is 4.56. The standard InChI is InChI=1S/C11H20N2O3.ClH/c1-8-6-13(7-9(2)16-8)11(14)10-5-12-3-4-15-10;/h8-10,12H,3-7H2,1-2H3;1H/t8-,9+,10?;. The summed E-state index contributed by atoms with van der Waals surface area (Å²) in [6, 6.07) is 0. The van der Waals surface area contributed by atoms with Crippen molar-refractivity contribution in [2.75, 3.05) is 32.8 Å². The van der Waals surface area contributed by atoms with Gasteiger partial charge in [0, 0.05) is 26.2 Å².